The van der Waals surface area contributed by atoms with Crippen molar-refractivity contribution in [3.63, 3.8) is 0 Å². The molecule has 20 heavy (non-hydrogen) atoms. The Balaban J connectivity index is 1.50. The first-order valence-electron chi connectivity index (χ1n) is 6.92. The molecular weight excluding hydrogens is 275 g/mol. The maximum atomic E-state index is 13.6. The Kier molecular flexibility index (Phi) is 4.05. The number of hydrogen-bond acceptors (Lipinski definition) is 4. The Hall–Kier alpha value is -1.36. The zero-order valence-electron chi connectivity index (χ0n) is 11.4. The normalized spacial score (nSPS) is 17.4. The van der Waals surface area contributed by atoms with Crippen molar-refractivity contribution in [1.29, 1.82) is 0 Å². The quantitative estimate of drug-likeness (QED) is 0.784. The van der Waals surface area contributed by atoms with E-state index in [9.17, 15) is 4.39 Å². The summed E-state index contributed by atoms with van der Waals surface area (Å²) in [4.78, 5) is 0. The van der Waals surface area contributed by atoms with E-state index in [0.717, 1.165) is 37.0 Å². The van der Waals surface area contributed by atoms with Crippen LogP contribution in [0.15, 0.2) is 22.6 Å². The molecule has 1 atom stereocenters. The summed E-state index contributed by atoms with van der Waals surface area (Å²) in [5.74, 6) is 2.31. The molecule has 3 rings (SSSR count). The first-order valence-corrected chi connectivity index (χ1v) is 7.97. The van der Waals surface area contributed by atoms with Crippen LogP contribution >= 0.6 is 11.8 Å². The summed E-state index contributed by atoms with van der Waals surface area (Å²) in [6, 6.07) is 5.43. The fraction of sp³-hybridized carbons (Fsp3) is 0.467. The van der Waals surface area contributed by atoms with Crippen LogP contribution < -0.4 is 0 Å². The number of thioether (sulfide) groups is 1. The van der Waals surface area contributed by atoms with Gasteiger partial charge in [0, 0.05) is 18.6 Å². The molecule has 0 N–H and O–H groups in total. The van der Waals surface area contributed by atoms with Crippen molar-refractivity contribution in [1.82, 2.24) is 10.2 Å². The highest BCUT2D eigenvalue weighted by Crippen LogP contribution is 2.42. The average molecular weight is 292 g/mol. The van der Waals surface area contributed by atoms with E-state index in [1.165, 1.54) is 5.56 Å². The summed E-state index contributed by atoms with van der Waals surface area (Å²) >= 11 is 1.90. The van der Waals surface area contributed by atoms with Crippen LogP contribution in [-0.4, -0.2) is 16.0 Å². The predicted molar refractivity (Wildman–Crippen MR) is 77.3 cm³/mol. The van der Waals surface area contributed by atoms with Crippen molar-refractivity contribution in [2.45, 2.75) is 37.9 Å². The molecule has 1 heterocycles. The number of hydrogen-bond donors (Lipinski definition) is 0. The smallest absolute Gasteiger partial charge is 0.216 e. The van der Waals surface area contributed by atoms with Gasteiger partial charge in [-0.15, -0.1) is 10.2 Å². The van der Waals surface area contributed by atoms with E-state index in [2.05, 4.69) is 16.3 Å². The van der Waals surface area contributed by atoms with Crippen LogP contribution in [0.1, 0.15) is 41.0 Å². The minimum atomic E-state index is -0.0491. The highest BCUT2D eigenvalue weighted by molar-refractivity contribution is 7.99. The summed E-state index contributed by atoms with van der Waals surface area (Å²) in [6.45, 7) is 1.80. The van der Waals surface area contributed by atoms with E-state index in [4.69, 9.17) is 4.42 Å². The molecule has 1 aliphatic rings. The van der Waals surface area contributed by atoms with Crippen LogP contribution in [0, 0.1) is 12.7 Å². The predicted octanol–water partition coefficient (Wildman–Crippen LogP) is 3.87. The Labute approximate surface area is 122 Å². The number of nitrogens with zero attached hydrogens (tertiary/aromatic N) is 2. The lowest BCUT2D eigenvalue weighted by atomic mass is 10.1. The summed E-state index contributed by atoms with van der Waals surface area (Å²) in [5.41, 5.74) is 2.10. The van der Waals surface area contributed by atoms with E-state index in [1.807, 2.05) is 17.8 Å². The molecule has 1 aromatic heterocycles. The van der Waals surface area contributed by atoms with Gasteiger partial charge >= 0.3 is 0 Å². The van der Waals surface area contributed by atoms with Crippen LogP contribution in [0.3, 0.4) is 0 Å². The maximum Gasteiger partial charge on any atom is 0.216 e. The van der Waals surface area contributed by atoms with Gasteiger partial charge in [-0.1, -0.05) is 12.1 Å². The second kappa shape index (κ2) is 5.95. The lowest BCUT2D eigenvalue weighted by Crippen LogP contribution is -1.93. The summed E-state index contributed by atoms with van der Waals surface area (Å²) < 4.78 is 19.0. The molecule has 0 amide bonds. The van der Waals surface area contributed by atoms with Gasteiger partial charge in [-0.2, -0.15) is 11.8 Å². The lowest BCUT2D eigenvalue weighted by molar-refractivity contribution is 0.465. The highest BCUT2D eigenvalue weighted by atomic mass is 32.2. The average Bonchev–Trinajstić information content (AvgIpc) is 3.02. The van der Waals surface area contributed by atoms with Gasteiger partial charge in [-0.3, -0.25) is 0 Å². The number of aryl methyl sites for hydroxylation is 2. The third-order valence-electron chi connectivity index (χ3n) is 3.58. The third kappa shape index (κ3) is 2.87. The van der Waals surface area contributed by atoms with Gasteiger partial charge in [0.15, 0.2) is 0 Å². The highest BCUT2D eigenvalue weighted by Gasteiger charge is 2.24. The molecule has 0 radical (unpaired) electrons. The van der Waals surface area contributed by atoms with E-state index in [0.29, 0.717) is 17.0 Å². The van der Waals surface area contributed by atoms with E-state index < -0.39 is 0 Å². The molecule has 0 saturated carbocycles. The molecule has 0 bridgehead atoms. The molecular formula is C15H17FN2OS. The van der Waals surface area contributed by atoms with E-state index >= 15 is 0 Å². The fourth-order valence-electron chi connectivity index (χ4n) is 2.63. The molecule has 106 valence electrons. The molecule has 0 saturated heterocycles. The number of halogens is 1. The minimum absolute atomic E-state index is 0.0491. The second-order valence-corrected chi connectivity index (χ2v) is 6.33. The summed E-state index contributed by atoms with van der Waals surface area (Å²) in [6.07, 6.45) is 3.73. The molecule has 3 nitrogen and oxygen atoms in total. The van der Waals surface area contributed by atoms with Gasteiger partial charge < -0.3 is 4.42 Å². The topological polar surface area (TPSA) is 38.9 Å². The van der Waals surface area contributed by atoms with Crippen LogP contribution in [-0.2, 0) is 12.8 Å². The number of rotatable bonds is 5. The van der Waals surface area contributed by atoms with Crippen LogP contribution in [0.2, 0.25) is 0 Å². The fourth-order valence-corrected chi connectivity index (χ4v) is 3.91. The number of fused-ring (bicyclic) bond motifs is 1. The molecule has 1 aromatic carbocycles. The second-order valence-electron chi connectivity index (χ2n) is 5.02. The van der Waals surface area contributed by atoms with Gasteiger partial charge in [0.2, 0.25) is 11.8 Å². The minimum Gasteiger partial charge on any atom is -0.426 e. The van der Waals surface area contributed by atoms with Crippen molar-refractivity contribution < 1.29 is 8.81 Å². The molecule has 0 fully saturated rings. The standard InChI is InChI=1S/C15H17FN2OS/c1-10-17-18-15(19-10)6-3-9-20-14-8-7-11-12(14)4-2-5-13(11)16/h2,4-5,14H,3,6-9H2,1H3/t14-/m1/s1. The van der Waals surface area contributed by atoms with Crippen molar-refractivity contribution in [2.75, 3.05) is 5.75 Å². The van der Waals surface area contributed by atoms with Crippen LogP contribution in [0.4, 0.5) is 4.39 Å². The lowest BCUT2D eigenvalue weighted by Gasteiger charge is -2.10. The van der Waals surface area contributed by atoms with Gasteiger partial charge in [0.25, 0.3) is 0 Å². The Morgan fingerprint density at radius 1 is 1.40 bits per heavy atom. The van der Waals surface area contributed by atoms with E-state index in [-0.39, 0.29) is 5.82 Å². The SMILES string of the molecule is Cc1nnc(CCCS[C@@H]2CCc3c(F)cccc32)o1. The summed E-state index contributed by atoms with van der Waals surface area (Å²) in [5, 5.41) is 8.24. The monoisotopic (exact) mass is 292 g/mol. The maximum absolute atomic E-state index is 13.6. The molecule has 5 heteroatoms. The Morgan fingerprint density at radius 3 is 3.10 bits per heavy atom. The summed E-state index contributed by atoms with van der Waals surface area (Å²) in [7, 11) is 0. The first-order chi connectivity index (χ1) is 9.74. The largest absolute Gasteiger partial charge is 0.426 e. The van der Waals surface area contributed by atoms with E-state index in [1.54, 1.807) is 13.0 Å². The van der Waals surface area contributed by atoms with Gasteiger partial charge in [-0.05, 0) is 42.2 Å². The van der Waals surface area contributed by atoms with Crippen molar-refractivity contribution in [3.05, 3.63) is 46.9 Å². The van der Waals surface area contributed by atoms with Crippen molar-refractivity contribution in [2.24, 2.45) is 0 Å². The zero-order valence-corrected chi connectivity index (χ0v) is 12.3. The zero-order chi connectivity index (χ0) is 13.9. The first kappa shape index (κ1) is 13.6. The molecule has 1 aliphatic carbocycles. The number of benzene rings is 1. The Morgan fingerprint density at radius 2 is 2.30 bits per heavy atom. The third-order valence-corrected chi connectivity index (χ3v) is 5.00. The molecule has 0 aliphatic heterocycles. The van der Waals surface area contributed by atoms with Gasteiger partial charge in [0.1, 0.15) is 5.82 Å². The van der Waals surface area contributed by atoms with Crippen LogP contribution in [0.5, 0.6) is 0 Å². The van der Waals surface area contributed by atoms with Crippen molar-refractivity contribution >= 4 is 11.8 Å². The van der Waals surface area contributed by atoms with Gasteiger partial charge in [0.05, 0.1) is 0 Å². The van der Waals surface area contributed by atoms with Crippen LogP contribution in [0.25, 0.3) is 0 Å². The molecule has 0 unspecified atom stereocenters. The number of aromatic nitrogens is 2. The van der Waals surface area contributed by atoms with Gasteiger partial charge in [-0.25, -0.2) is 4.39 Å². The Bertz CT molecular complexity index is 599. The van der Waals surface area contributed by atoms with Crippen molar-refractivity contribution in [3.8, 4) is 0 Å². The molecule has 0 spiro atoms. The molecule has 2 aromatic rings.